The lowest BCUT2D eigenvalue weighted by molar-refractivity contribution is 0.0940. The quantitative estimate of drug-likeness (QED) is 0.378. The summed E-state index contributed by atoms with van der Waals surface area (Å²) >= 11 is 3.21. The summed E-state index contributed by atoms with van der Waals surface area (Å²) in [6, 6.07) is 17.2. The van der Waals surface area contributed by atoms with Gasteiger partial charge in [0, 0.05) is 16.5 Å². The van der Waals surface area contributed by atoms with Gasteiger partial charge in [0.1, 0.15) is 17.4 Å². The predicted molar refractivity (Wildman–Crippen MR) is 126 cm³/mol. The highest BCUT2D eigenvalue weighted by Gasteiger charge is 2.18. The molecule has 7 heteroatoms. The highest BCUT2D eigenvalue weighted by molar-refractivity contribution is 7.15. The van der Waals surface area contributed by atoms with Crippen LogP contribution in [0.15, 0.2) is 60.0 Å². The number of aromatic nitrogens is 2. The maximum Gasteiger partial charge on any atom is 0.251 e. The summed E-state index contributed by atoms with van der Waals surface area (Å²) in [7, 11) is 0. The summed E-state index contributed by atoms with van der Waals surface area (Å²) in [5, 5.41) is 7.04. The number of aryl methyl sites for hydroxylation is 2. The molecule has 1 unspecified atom stereocenters. The van der Waals surface area contributed by atoms with Gasteiger partial charge in [0.05, 0.1) is 27.3 Å². The van der Waals surface area contributed by atoms with Crippen molar-refractivity contribution < 1.29 is 9.53 Å². The van der Waals surface area contributed by atoms with Crippen molar-refractivity contribution in [2.24, 2.45) is 0 Å². The van der Waals surface area contributed by atoms with E-state index >= 15 is 0 Å². The smallest absolute Gasteiger partial charge is 0.251 e. The van der Waals surface area contributed by atoms with Crippen molar-refractivity contribution in [2.45, 2.75) is 33.4 Å². The Labute approximate surface area is 189 Å². The van der Waals surface area contributed by atoms with E-state index < -0.39 is 0 Å². The molecule has 4 rings (SSSR count). The van der Waals surface area contributed by atoms with E-state index in [1.807, 2.05) is 68.6 Å². The van der Waals surface area contributed by atoms with Gasteiger partial charge >= 0.3 is 0 Å². The molecular formula is C24H23N3O2S2. The van der Waals surface area contributed by atoms with Crippen LogP contribution < -0.4 is 10.1 Å². The molecule has 1 N–H and O–H groups in total. The number of amides is 1. The molecule has 0 saturated carbocycles. The molecule has 0 aliphatic heterocycles. The third-order valence-electron chi connectivity index (χ3n) is 4.74. The summed E-state index contributed by atoms with van der Waals surface area (Å²) in [4.78, 5) is 23.0. The van der Waals surface area contributed by atoms with Crippen LogP contribution in [0.3, 0.4) is 0 Å². The lowest BCUT2D eigenvalue weighted by Gasteiger charge is -2.13. The minimum atomic E-state index is -0.148. The highest BCUT2D eigenvalue weighted by atomic mass is 32.1. The Kier molecular flexibility index (Phi) is 6.44. The molecule has 1 amide bonds. The molecule has 0 aliphatic carbocycles. The normalized spacial score (nSPS) is 11.8. The summed E-state index contributed by atoms with van der Waals surface area (Å²) < 4.78 is 5.81. The average molecular weight is 450 g/mol. The van der Waals surface area contributed by atoms with E-state index in [0.29, 0.717) is 17.9 Å². The minimum Gasteiger partial charge on any atom is -0.487 e. The van der Waals surface area contributed by atoms with Gasteiger partial charge in [-0.1, -0.05) is 36.4 Å². The number of rotatable bonds is 7. The van der Waals surface area contributed by atoms with Crippen molar-refractivity contribution >= 4 is 28.6 Å². The highest BCUT2D eigenvalue weighted by Crippen LogP contribution is 2.31. The second-order valence-electron chi connectivity index (χ2n) is 7.20. The van der Waals surface area contributed by atoms with E-state index in [-0.39, 0.29) is 11.9 Å². The van der Waals surface area contributed by atoms with Crippen molar-refractivity contribution in [3.63, 3.8) is 0 Å². The molecule has 0 spiro atoms. The van der Waals surface area contributed by atoms with Gasteiger partial charge in [-0.2, -0.15) is 0 Å². The Bertz CT molecular complexity index is 1180. The van der Waals surface area contributed by atoms with E-state index in [1.54, 1.807) is 34.8 Å². The number of nitrogens with zero attached hydrogens (tertiary/aromatic N) is 2. The van der Waals surface area contributed by atoms with Crippen LogP contribution in [0, 0.1) is 13.8 Å². The first-order chi connectivity index (χ1) is 15.0. The van der Waals surface area contributed by atoms with E-state index in [4.69, 9.17) is 9.72 Å². The van der Waals surface area contributed by atoms with Gasteiger partial charge in [-0.15, -0.1) is 22.7 Å². The van der Waals surface area contributed by atoms with Crippen molar-refractivity contribution in [3.8, 4) is 16.3 Å². The summed E-state index contributed by atoms with van der Waals surface area (Å²) in [6.45, 7) is 6.32. The van der Waals surface area contributed by atoms with Crippen LogP contribution in [-0.4, -0.2) is 15.9 Å². The van der Waals surface area contributed by atoms with Gasteiger partial charge in [-0.25, -0.2) is 9.97 Å². The maximum atomic E-state index is 12.9. The number of carbonyl (C=O) groups is 1. The fourth-order valence-electron chi connectivity index (χ4n) is 3.22. The van der Waals surface area contributed by atoms with Crippen LogP contribution in [0.4, 0.5) is 0 Å². The Morgan fingerprint density at radius 1 is 1.10 bits per heavy atom. The van der Waals surface area contributed by atoms with Crippen molar-refractivity contribution in [1.29, 1.82) is 0 Å². The molecule has 0 saturated heterocycles. The second-order valence-corrected chi connectivity index (χ2v) is 9.30. The lowest BCUT2D eigenvalue weighted by Crippen LogP contribution is -2.26. The Morgan fingerprint density at radius 3 is 2.65 bits per heavy atom. The number of carbonyl (C=O) groups excluding carboxylic acids is 1. The van der Waals surface area contributed by atoms with Gasteiger partial charge in [-0.05, 0) is 39.0 Å². The fourth-order valence-corrected chi connectivity index (χ4v) is 4.89. The number of hydrogen-bond acceptors (Lipinski definition) is 6. The number of benzene rings is 2. The first kappa shape index (κ1) is 21.2. The first-order valence-corrected chi connectivity index (χ1v) is 11.7. The Balaban J connectivity index is 1.43. The Hall–Kier alpha value is -3.03. The molecule has 5 nitrogen and oxygen atoms in total. The largest absolute Gasteiger partial charge is 0.487 e. The number of thiazole rings is 2. The van der Waals surface area contributed by atoms with Gasteiger partial charge in [0.2, 0.25) is 0 Å². The van der Waals surface area contributed by atoms with Crippen molar-refractivity contribution in [2.75, 3.05) is 0 Å². The molecule has 1 atom stereocenters. The topological polar surface area (TPSA) is 64.1 Å². The van der Waals surface area contributed by atoms with Crippen LogP contribution in [0.25, 0.3) is 10.6 Å². The molecule has 4 aromatic rings. The zero-order valence-electron chi connectivity index (χ0n) is 17.6. The van der Waals surface area contributed by atoms with E-state index in [9.17, 15) is 4.79 Å². The zero-order valence-corrected chi connectivity index (χ0v) is 19.2. The zero-order chi connectivity index (χ0) is 21.8. The van der Waals surface area contributed by atoms with E-state index in [0.717, 1.165) is 31.8 Å². The van der Waals surface area contributed by atoms with Crippen LogP contribution in [0.1, 0.15) is 44.6 Å². The van der Waals surface area contributed by atoms with Crippen molar-refractivity contribution in [3.05, 3.63) is 86.8 Å². The maximum absolute atomic E-state index is 12.9. The standard InChI is InChI=1S/C24H23N3O2S2/c1-15(22-16(2)26-24(31-22)18-8-5-4-6-9-18)25-23(28)19-10-7-11-21(12-19)29-13-20-14-30-17(3)27-20/h4-12,14-15H,13H2,1-3H3,(H,25,28). The van der Waals surface area contributed by atoms with Crippen molar-refractivity contribution in [1.82, 2.24) is 15.3 Å². The summed E-state index contributed by atoms with van der Waals surface area (Å²) in [5.74, 6) is 0.503. The number of hydrogen-bond donors (Lipinski definition) is 1. The van der Waals surface area contributed by atoms with Gasteiger partial charge in [-0.3, -0.25) is 4.79 Å². The molecule has 2 aromatic heterocycles. The Morgan fingerprint density at radius 2 is 1.90 bits per heavy atom. The summed E-state index contributed by atoms with van der Waals surface area (Å²) in [6.07, 6.45) is 0. The van der Waals surface area contributed by atoms with E-state index in [1.165, 1.54) is 0 Å². The number of nitrogens with one attached hydrogen (secondary N) is 1. The van der Waals surface area contributed by atoms with Gasteiger partial charge in [0.25, 0.3) is 5.91 Å². The van der Waals surface area contributed by atoms with Crippen LogP contribution in [0.5, 0.6) is 5.75 Å². The molecule has 0 fully saturated rings. The summed E-state index contributed by atoms with van der Waals surface area (Å²) in [5.41, 5.74) is 3.47. The molecule has 158 valence electrons. The fraction of sp³-hybridized carbons (Fsp3) is 0.208. The monoisotopic (exact) mass is 449 g/mol. The molecule has 0 aliphatic rings. The third-order valence-corrected chi connectivity index (χ3v) is 6.96. The van der Waals surface area contributed by atoms with Gasteiger partial charge in [0.15, 0.2) is 0 Å². The molecule has 2 aromatic carbocycles. The molecule has 2 heterocycles. The van der Waals surface area contributed by atoms with Crippen LogP contribution in [0.2, 0.25) is 0 Å². The lowest BCUT2D eigenvalue weighted by atomic mass is 10.1. The van der Waals surface area contributed by atoms with Gasteiger partial charge < -0.3 is 10.1 Å². The van der Waals surface area contributed by atoms with Crippen LogP contribution in [-0.2, 0) is 6.61 Å². The average Bonchev–Trinajstić information content (AvgIpc) is 3.38. The first-order valence-electron chi connectivity index (χ1n) is 9.97. The number of ether oxygens (including phenoxy) is 1. The molecule has 31 heavy (non-hydrogen) atoms. The predicted octanol–water partition coefficient (Wildman–Crippen LogP) is 5.95. The van der Waals surface area contributed by atoms with E-state index in [2.05, 4.69) is 10.3 Å². The third kappa shape index (κ3) is 5.18. The SMILES string of the molecule is Cc1nc(COc2cccc(C(=O)NC(C)c3sc(-c4ccccc4)nc3C)c2)cs1. The minimum absolute atomic E-state index is 0.142. The second kappa shape index (κ2) is 9.41. The molecule has 0 bridgehead atoms. The molecule has 0 radical (unpaired) electrons. The molecular weight excluding hydrogens is 426 g/mol. The van der Waals surface area contributed by atoms with Crippen LogP contribution >= 0.6 is 22.7 Å².